The lowest BCUT2D eigenvalue weighted by Crippen LogP contribution is -2.26. The highest BCUT2D eigenvalue weighted by Gasteiger charge is 2.31. The summed E-state index contributed by atoms with van der Waals surface area (Å²) < 4.78 is 0. The summed E-state index contributed by atoms with van der Waals surface area (Å²) in [5.74, 6) is 1.47. The third kappa shape index (κ3) is 3.52. The van der Waals surface area contributed by atoms with E-state index in [1.807, 2.05) is 0 Å². The van der Waals surface area contributed by atoms with E-state index in [0.29, 0.717) is 22.9 Å². The van der Waals surface area contributed by atoms with Gasteiger partial charge in [0.1, 0.15) is 4.83 Å². The van der Waals surface area contributed by atoms with Gasteiger partial charge in [0, 0.05) is 17.1 Å². The zero-order valence-electron chi connectivity index (χ0n) is 14.4. The number of unbranched alkanes of at least 4 members (excludes halogenated alkanes) is 1. The minimum atomic E-state index is -0.00510. The first-order chi connectivity index (χ1) is 11.4. The number of thiophene rings is 1. The van der Waals surface area contributed by atoms with Crippen LogP contribution in [0.4, 0.5) is 0 Å². The Balaban J connectivity index is 1.88. The SMILES string of the molecule is CC(C)(C)C1CCc2c(sc3nc(SCCCC#N)[nH]c(=O)c23)C1. The molecule has 0 amide bonds. The van der Waals surface area contributed by atoms with Gasteiger partial charge in [0.15, 0.2) is 5.16 Å². The number of nitrogens with zero attached hydrogens (tertiary/aromatic N) is 2. The molecule has 128 valence electrons. The summed E-state index contributed by atoms with van der Waals surface area (Å²) in [5.41, 5.74) is 1.52. The van der Waals surface area contributed by atoms with Gasteiger partial charge in [0.2, 0.25) is 0 Å². The van der Waals surface area contributed by atoms with Crippen molar-refractivity contribution < 1.29 is 0 Å². The van der Waals surface area contributed by atoms with E-state index in [0.717, 1.165) is 41.7 Å². The van der Waals surface area contributed by atoms with Gasteiger partial charge in [-0.05, 0) is 42.6 Å². The molecule has 1 aliphatic rings. The molecule has 0 aromatic carbocycles. The maximum Gasteiger partial charge on any atom is 0.260 e. The lowest BCUT2D eigenvalue weighted by molar-refractivity contribution is 0.218. The molecule has 2 aromatic heterocycles. The van der Waals surface area contributed by atoms with Crippen LogP contribution in [0.15, 0.2) is 9.95 Å². The standard InChI is InChI=1S/C18H23N3OS2/c1-18(2,3)11-6-7-12-13(10-11)24-16-14(12)15(22)20-17(21-16)23-9-5-4-8-19/h11H,4-7,9-10H2,1-3H3,(H,20,21,22). The molecule has 0 aliphatic heterocycles. The Morgan fingerprint density at radius 2 is 2.25 bits per heavy atom. The molecule has 0 radical (unpaired) electrons. The van der Waals surface area contributed by atoms with Gasteiger partial charge in [-0.3, -0.25) is 4.79 Å². The maximum absolute atomic E-state index is 12.5. The van der Waals surface area contributed by atoms with Crippen molar-refractivity contribution in [2.45, 2.75) is 58.0 Å². The topological polar surface area (TPSA) is 69.5 Å². The molecule has 1 aliphatic carbocycles. The number of nitriles is 1. The fourth-order valence-electron chi connectivity index (χ4n) is 3.29. The van der Waals surface area contributed by atoms with Crippen LogP contribution in [0.25, 0.3) is 10.2 Å². The van der Waals surface area contributed by atoms with Crippen molar-refractivity contribution in [2.75, 3.05) is 5.75 Å². The highest BCUT2D eigenvalue weighted by Crippen LogP contribution is 2.42. The Morgan fingerprint density at radius 3 is 2.96 bits per heavy atom. The Hall–Kier alpha value is -1.32. The second kappa shape index (κ2) is 6.89. The smallest absolute Gasteiger partial charge is 0.260 e. The van der Waals surface area contributed by atoms with Crippen LogP contribution >= 0.6 is 23.1 Å². The molecule has 1 atom stereocenters. The van der Waals surface area contributed by atoms with Crippen molar-refractivity contribution in [3.8, 4) is 6.07 Å². The zero-order valence-corrected chi connectivity index (χ0v) is 16.1. The predicted octanol–water partition coefficient (Wildman–Crippen LogP) is 4.53. The van der Waals surface area contributed by atoms with Gasteiger partial charge in [-0.2, -0.15) is 5.26 Å². The second-order valence-electron chi connectivity index (χ2n) is 7.47. The van der Waals surface area contributed by atoms with Gasteiger partial charge in [-0.15, -0.1) is 11.3 Å². The van der Waals surface area contributed by atoms with Gasteiger partial charge in [-0.25, -0.2) is 4.98 Å². The Labute approximate surface area is 150 Å². The molecule has 4 nitrogen and oxygen atoms in total. The van der Waals surface area contributed by atoms with E-state index in [4.69, 9.17) is 5.26 Å². The lowest BCUT2D eigenvalue weighted by atomic mass is 9.72. The number of aryl methyl sites for hydroxylation is 1. The van der Waals surface area contributed by atoms with E-state index < -0.39 is 0 Å². The van der Waals surface area contributed by atoms with Crippen molar-refractivity contribution >= 4 is 33.3 Å². The predicted molar refractivity (Wildman–Crippen MR) is 101 cm³/mol. The van der Waals surface area contributed by atoms with Crippen LogP contribution in [0, 0.1) is 22.7 Å². The largest absolute Gasteiger partial charge is 0.301 e. The number of aromatic amines is 1. The van der Waals surface area contributed by atoms with Gasteiger partial charge >= 0.3 is 0 Å². The molecular formula is C18H23N3OS2. The molecule has 1 unspecified atom stereocenters. The quantitative estimate of drug-likeness (QED) is 0.493. The van der Waals surface area contributed by atoms with Crippen molar-refractivity contribution in [3.63, 3.8) is 0 Å². The number of hydrogen-bond acceptors (Lipinski definition) is 5. The Bertz CT molecular complexity index is 839. The summed E-state index contributed by atoms with van der Waals surface area (Å²) in [6, 6.07) is 2.14. The first kappa shape index (κ1) is 17.5. The molecule has 0 saturated carbocycles. The molecule has 2 aromatic rings. The van der Waals surface area contributed by atoms with Crippen LogP contribution in [0.5, 0.6) is 0 Å². The molecule has 0 saturated heterocycles. The summed E-state index contributed by atoms with van der Waals surface area (Å²) in [7, 11) is 0. The van der Waals surface area contributed by atoms with Crippen LogP contribution in [-0.2, 0) is 12.8 Å². The summed E-state index contributed by atoms with van der Waals surface area (Å²) in [4.78, 5) is 22.4. The van der Waals surface area contributed by atoms with Crippen molar-refractivity contribution in [3.05, 3.63) is 20.8 Å². The monoisotopic (exact) mass is 361 g/mol. The third-order valence-corrected chi connectivity index (χ3v) is 6.90. The van der Waals surface area contributed by atoms with Crippen molar-refractivity contribution in [1.82, 2.24) is 9.97 Å². The Morgan fingerprint density at radius 1 is 1.46 bits per heavy atom. The summed E-state index contributed by atoms with van der Waals surface area (Å²) in [6.45, 7) is 6.91. The Kier molecular flexibility index (Phi) is 5.03. The molecular weight excluding hydrogens is 338 g/mol. The maximum atomic E-state index is 12.5. The first-order valence-corrected chi connectivity index (χ1v) is 10.2. The van der Waals surface area contributed by atoms with E-state index in [9.17, 15) is 4.79 Å². The molecule has 6 heteroatoms. The fourth-order valence-corrected chi connectivity index (χ4v) is 5.45. The van der Waals surface area contributed by atoms with Gasteiger partial charge in [0.05, 0.1) is 11.5 Å². The van der Waals surface area contributed by atoms with Gasteiger partial charge in [-0.1, -0.05) is 32.5 Å². The van der Waals surface area contributed by atoms with Crippen LogP contribution in [0.1, 0.15) is 50.5 Å². The highest BCUT2D eigenvalue weighted by molar-refractivity contribution is 7.99. The molecule has 0 fully saturated rings. The van der Waals surface area contributed by atoms with Crippen LogP contribution < -0.4 is 5.56 Å². The number of thioether (sulfide) groups is 1. The van der Waals surface area contributed by atoms with Gasteiger partial charge < -0.3 is 4.98 Å². The summed E-state index contributed by atoms with van der Waals surface area (Å²) >= 11 is 3.22. The molecule has 1 N–H and O–H groups in total. The number of nitrogens with one attached hydrogen (secondary N) is 1. The average molecular weight is 362 g/mol. The average Bonchev–Trinajstić information content (AvgIpc) is 2.88. The molecule has 3 rings (SSSR count). The van der Waals surface area contributed by atoms with E-state index in [1.54, 1.807) is 11.3 Å². The van der Waals surface area contributed by atoms with Crippen LogP contribution in [0.2, 0.25) is 0 Å². The van der Waals surface area contributed by atoms with Crippen LogP contribution in [0.3, 0.4) is 0 Å². The van der Waals surface area contributed by atoms with Crippen molar-refractivity contribution in [1.29, 1.82) is 5.26 Å². The van der Waals surface area contributed by atoms with E-state index in [1.165, 1.54) is 22.2 Å². The number of hydrogen-bond donors (Lipinski definition) is 1. The third-order valence-electron chi connectivity index (χ3n) is 4.79. The van der Waals surface area contributed by atoms with Crippen molar-refractivity contribution in [2.24, 2.45) is 11.3 Å². The number of aromatic nitrogens is 2. The summed E-state index contributed by atoms with van der Waals surface area (Å²) in [6.07, 6.45) is 4.55. The lowest BCUT2D eigenvalue weighted by Gasteiger charge is -2.33. The molecule has 24 heavy (non-hydrogen) atoms. The minimum Gasteiger partial charge on any atom is -0.301 e. The highest BCUT2D eigenvalue weighted by atomic mass is 32.2. The number of rotatable bonds is 4. The van der Waals surface area contributed by atoms with E-state index in [2.05, 4.69) is 36.8 Å². The number of H-pyrrole nitrogens is 1. The van der Waals surface area contributed by atoms with Crippen LogP contribution in [-0.4, -0.2) is 15.7 Å². The molecule has 2 heterocycles. The fraction of sp³-hybridized carbons (Fsp3) is 0.611. The zero-order chi connectivity index (χ0) is 17.3. The van der Waals surface area contributed by atoms with E-state index in [-0.39, 0.29) is 5.56 Å². The summed E-state index contributed by atoms with van der Waals surface area (Å²) in [5, 5.41) is 10.1. The van der Waals surface area contributed by atoms with Gasteiger partial charge in [0.25, 0.3) is 5.56 Å². The second-order valence-corrected chi connectivity index (χ2v) is 9.64. The van der Waals surface area contributed by atoms with E-state index >= 15 is 0 Å². The first-order valence-electron chi connectivity index (χ1n) is 8.44. The normalized spacial score (nSPS) is 17.7. The molecule has 0 spiro atoms. The number of fused-ring (bicyclic) bond motifs is 3. The molecule has 0 bridgehead atoms. The minimum absolute atomic E-state index is 0.00510.